The average Bonchev–Trinajstić information content (AvgIpc) is 2.44. The monoisotopic (exact) mass is 333 g/mol. The molecular formula is C15H12Cl2F3N. The van der Waals surface area contributed by atoms with Crippen LogP contribution in [-0.4, -0.2) is 7.05 Å². The van der Waals surface area contributed by atoms with Crippen LogP contribution in [-0.2, 0) is 6.18 Å². The first kappa shape index (κ1) is 16.1. The first-order chi connectivity index (χ1) is 9.84. The number of nitrogens with one attached hydrogen (secondary N) is 1. The smallest absolute Gasteiger partial charge is 0.309 e. The van der Waals surface area contributed by atoms with Crippen molar-refractivity contribution in [3.63, 3.8) is 0 Å². The number of rotatable bonds is 3. The first-order valence-corrected chi connectivity index (χ1v) is 6.88. The Kier molecular flexibility index (Phi) is 4.81. The summed E-state index contributed by atoms with van der Waals surface area (Å²) < 4.78 is 37.8. The van der Waals surface area contributed by atoms with E-state index < -0.39 is 11.7 Å². The van der Waals surface area contributed by atoms with Crippen LogP contribution in [0.1, 0.15) is 22.7 Å². The quantitative estimate of drug-likeness (QED) is 0.801. The normalized spacial score (nSPS) is 13.2. The molecule has 0 aliphatic carbocycles. The Morgan fingerprint density at radius 3 is 2.14 bits per heavy atom. The van der Waals surface area contributed by atoms with Crippen LogP contribution in [0.3, 0.4) is 0 Å². The highest BCUT2D eigenvalue weighted by atomic mass is 35.5. The summed E-state index contributed by atoms with van der Waals surface area (Å²) in [6.45, 7) is 0. The van der Waals surface area contributed by atoms with E-state index in [-0.39, 0.29) is 6.04 Å². The van der Waals surface area contributed by atoms with E-state index in [1.54, 1.807) is 25.2 Å². The highest BCUT2D eigenvalue weighted by molar-refractivity contribution is 6.42. The van der Waals surface area contributed by atoms with Gasteiger partial charge in [0.05, 0.1) is 21.7 Å². The van der Waals surface area contributed by atoms with E-state index in [0.29, 0.717) is 21.2 Å². The molecule has 1 N–H and O–H groups in total. The van der Waals surface area contributed by atoms with Gasteiger partial charge in [-0.25, -0.2) is 0 Å². The number of hydrogen-bond acceptors (Lipinski definition) is 1. The van der Waals surface area contributed by atoms with E-state index in [0.717, 1.165) is 12.1 Å². The SMILES string of the molecule is CNC(c1ccc(C(F)(F)F)cc1)c1cccc(Cl)c1Cl. The van der Waals surface area contributed by atoms with E-state index in [1.807, 2.05) is 0 Å². The van der Waals surface area contributed by atoms with Crippen LogP contribution in [0.5, 0.6) is 0 Å². The van der Waals surface area contributed by atoms with Gasteiger partial charge in [0.1, 0.15) is 0 Å². The second-order valence-corrected chi connectivity index (χ2v) is 5.27. The lowest BCUT2D eigenvalue weighted by molar-refractivity contribution is -0.137. The molecule has 0 fully saturated rings. The minimum Gasteiger partial charge on any atom is -0.309 e. The lowest BCUT2D eigenvalue weighted by atomic mass is 9.97. The summed E-state index contributed by atoms with van der Waals surface area (Å²) in [6, 6.07) is 9.83. The van der Waals surface area contributed by atoms with Crippen molar-refractivity contribution in [3.05, 3.63) is 69.2 Å². The van der Waals surface area contributed by atoms with Crippen molar-refractivity contribution < 1.29 is 13.2 Å². The molecule has 0 spiro atoms. The molecule has 0 aliphatic heterocycles. The Labute approximate surface area is 130 Å². The summed E-state index contributed by atoms with van der Waals surface area (Å²) in [7, 11) is 1.71. The van der Waals surface area contributed by atoms with E-state index in [1.165, 1.54) is 12.1 Å². The van der Waals surface area contributed by atoms with Gasteiger partial charge in [-0.3, -0.25) is 0 Å². The molecule has 0 radical (unpaired) electrons. The van der Waals surface area contributed by atoms with Gasteiger partial charge < -0.3 is 5.32 Å². The van der Waals surface area contributed by atoms with Gasteiger partial charge in [0.2, 0.25) is 0 Å². The van der Waals surface area contributed by atoms with Crippen LogP contribution >= 0.6 is 23.2 Å². The van der Waals surface area contributed by atoms with Crippen LogP contribution < -0.4 is 5.32 Å². The predicted molar refractivity (Wildman–Crippen MR) is 78.8 cm³/mol. The van der Waals surface area contributed by atoms with Gasteiger partial charge in [-0.15, -0.1) is 0 Å². The summed E-state index contributed by atoms with van der Waals surface area (Å²) in [5.74, 6) is 0. The molecule has 112 valence electrons. The van der Waals surface area contributed by atoms with Gasteiger partial charge in [0.25, 0.3) is 0 Å². The van der Waals surface area contributed by atoms with Crippen molar-refractivity contribution in [1.82, 2.24) is 5.32 Å². The lowest BCUT2D eigenvalue weighted by Crippen LogP contribution is -2.18. The van der Waals surface area contributed by atoms with E-state index in [9.17, 15) is 13.2 Å². The first-order valence-electron chi connectivity index (χ1n) is 6.13. The molecule has 0 aliphatic rings. The molecule has 6 heteroatoms. The molecule has 2 aromatic rings. The van der Waals surface area contributed by atoms with Gasteiger partial charge in [-0.05, 0) is 36.4 Å². The summed E-state index contributed by atoms with van der Waals surface area (Å²) in [6.07, 6.45) is -4.35. The number of alkyl halides is 3. The van der Waals surface area contributed by atoms with Gasteiger partial charge in [-0.2, -0.15) is 13.2 Å². The second kappa shape index (κ2) is 6.26. The Morgan fingerprint density at radius 2 is 1.62 bits per heavy atom. The number of hydrogen-bond donors (Lipinski definition) is 1. The van der Waals surface area contributed by atoms with Gasteiger partial charge >= 0.3 is 6.18 Å². The third-order valence-corrected chi connectivity index (χ3v) is 3.99. The Balaban J connectivity index is 2.40. The topological polar surface area (TPSA) is 12.0 Å². The molecule has 0 bridgehead atoms. The highest BCUT2D eigenvalue weighted by Crippen LogP contribution is 2.34. The molecule has 2 aromatic carbocycles. The van der Waals surface area contributed by atoms with E-state index in [2.05, 4.69) is 5.32 Å². The van der Waals surface area contributed by atoms with Crippen LogP contribution in [0, 0.1) is 0 Å². The van der Waals surface area contributed by atoms with E-state index >= 15 is 0 Å². The summed E-state index contributed by atoms with van der Waals surface area (Å²) in [5, 5.41) is 3.83. The lowest BCUT2D eigenvalue weighted by Gasteiger charge is -2.19. The van der Waals surface area contributed by atoms with Gasteiger partial charge in [0.15, 0.2) is 0 Å². The van der Waals surface area contributed by atoms with Crippen molar-refractivity contribution in [2.45, 2.75) is 12.2 Å². The Hall–Kier alpha value is -1.23. The van der Waals surface area contributed by atoms with E-state index in [4.69, 9.17) is 23.2 Å². The maximum Gasteiger partial charge on any atom is 0.416 e. The molecule has 1 unspecified atom stereocenters. The summed E-state index contributed by atoms with van der Waals surface area (Å²) >= 11 is 12.1. The minimum atomic E-state index is -4.35. The Morgan fingerprint density at radius 1 is 1.00 bits per heavy atom. The van der Waals surface area contributed by atoms with Gasteiger partial charge in [-0.1, -0.05) is 47.5 Å². The minimum absolute atomic E-state index is 0.335. The van der Waals surface area contributed by atoms with Crippen molar-refractivity contribution in [3.8, 4) is 0 Å². The molecule has 0 amide bonds. The second-order valence-electron chi connectivity index (χ2n) is 4.48. The molecule has 1 nitrogen and oxygen atoms in total. The number of halogens is 5. The Bertz CT molecular complexity index is 624. The van der Waals surface area contributed by atoms with Gasteiger partial charge in [0, 0.05) is 0 Å². The molecule has 21 heavy (non-hydrogen) atoms. The summed E-state index contributed by atoms with van der Waals surface area (Å²) in [4.78, 5) is 0. The fraction of sp³-hybridized carbons (Fsp3) is 0.200. The molecule has 2 rings (SSSR count). The predicted octanol–water partition coefficient (Wildman–Crippen LogP) is 5.32. The summed E-state index contributed by atoms with van der Waals surface area (Å²) in [5.41, 5.74) is 0.708. The zero-order chi connectivity index (χ0) is 15.6. The molecule has 1 atom stereocenters. The van der Waals surface area contributed by atoms with Crippen LogP contribution in [0.25, 0.3) is 0 Å². The molecule has 0 heterocycles. The molecular weight excluding hydrogens is 322 g/mol. The van der Waals surface area contributed by atoms with Crippen molar-refractivity contribution in [2.75, 3.05) is 7.05 Å². The fourth-order valence-electron chi connectivity index (χ4n) is 2.11. The molecule has 0 saturated carbocycles. The maximum absolute atomic E-state index is 12.6. The zero-order valence-corrected chi connectivity index (χ0v) is 12.5. The van der Waals surface area contributed by atoms with Crippen molar-refractivity contribution >= 4 is 23.2 Å². The van der Waals surface area contributed by atoms with Crippen LogP contribution in [0.15, 0.2) is 42.5 Å². The molecule has 0 saturated heterocycles. The highest BCUT2D eigenvalue weighted by Gasteiger charge is 2.30. The largest absolute Gasteiger partial charge is 0.416 e. The third kappa shape index (κ3) is 3.51. The fourth-order valence-corrected chi connectivity index (χ4v) is 2.53. The average molecular weight is 334 g/mol. The van der Waals surface area contributed by atoms with Crippen LogP contribution in [0.2, 0.25) is 10.0 Å². The third-order valence-electron chi connectivity index (χ3n) is 3.15. The van der Waals surface area contributed by atoms with Crippen molar-refractivity contribution in [2.24, 2.45) is 0 Å². The maximum atomic E-state index is 12.6. The number of benzene rings is 2. The van der Waals surface area contributed by atoms with Crippen molar-refractivity contribution in [1.29, 1.82) is 0 Å². The zero-order valence-electron chi connectivity index (χ0n) is 11.0. The van der Waals surface area contributed by atoms with Crippen LogP contribution in [0.4, 0.5) is 13.2 Å². The molecule has 0 aromatic heterocycles. The standard InChI is InChI=1S/C15H12Cl2F3N/c1-21-14(11-3-2-4-12(16)13(11)17)9-5-7-10(8-6-9)15(18,19)20/h2-8,14,21H,1H3.